The van der Waals surface area contributed by atoms with Gasteiger partial charge in [0, 0.05) is 37.3 Å². The molecule has 0 bridgehead atoms. The lowest BCUT2D eigenvalue weighted by atomic mass is 10.1. The largest absolute Gasteiger partial charge is 0.351 e. The first-order valence-corrected chi connectivity index (χ1v) is 15.0. The number of carbonyl (C=O) groups is 2. The van der Waals surface area contributed by atoms with E-state index in [2.05, 4.69) is 37.9 Å². The first-order valence-electron chi connectivity index (χ1n) is 13.5. The monoisotopic (exact) mass is 565 g/mol. The third-order valence-electron chi connectivity index (χ3n) is 6.70. The van der Waals surface area contributed by atoms with Crippen molar-refractivity contribution in [3.8, 4) is 0 Å². The number of nitrogens with one attached hydrogen (secondary N) is 1. The summed E-state index contributed by atoms with van der Waals surface area (Å²) in [7, 11) is -4.09. The van der Waals surface area contributed by atoms with Crippen molar-refractivity contribution in [1.29, 1.82) is 0 Å². The summed E-state index contributed by atoms with van der Waals surface area (Å²) in [5.74, 6) is -0.504. The van der Waals surface area contributed by atoms with Crippen molar-refractivity contribution >= 4 is 27.3 Å². The second-order valence-electron chi connectivity index (χ2n) is 11.0. The molecule has 0 radical (unpaired) electrons. The predicted octanol–water partition coefficient (Wildman–Crippen LogP) is 5.16. The van der Waals surface area contributed by atoms with Crippen molar-refractivity contribution in [2.75, 3.05) is 31.1 Å². The highest BCUT2D eigenvalue weighted by Gasteiger charge is 2.36. The van der Waals surface area contributed by atoms with Crippen molar-refractivity contribution in [3.63, 3.8) is 0 Å². The van der Waals surface area contributed by atoms with Gasteiger partial charge in [0.2, 0.25) is 9.84 Å². The van der Waals surface area contributed by atoms with E-state index < -0.39 is 21.6 Å². The molecule has 2 amide bonds. The van der Waals surface area contributed by atoms with E-state index in [0.717, 1.165) is 13.1 Å². The van der Waals surface area contributed by atoms with Gasteiger partial charge in [-0.3, -0.25) is 9.59 Å². The molecule has 1 heterocycles. The first kappa shape index (κ1) is 29.4. The summed E-state index contributed by atoms with van der Waals surface area (Å²) in [5, 5.41) is 2.93. The molecule has 0 spiro atoms. The van der Waals surface area contributed by atoms with E-state index in [0.29, 0.717) is 24.9 Å². The molecule has 0 unspecified atom stereocenters. The number of rotatable bonds is 10. The summed E-state index contributed by atoms with van der Waals surface area (Å²) in [6.45, 7) is 11.3. The highest BCUT2D eigenvalue weighted by molar-refractivity contribution is 7.91. The second-order valence-corrected chi connectivity index (χ2v) is 12.9. The highest BCUT2D eigenvalue weighted by Crippen LogP contribution is 2.38. The second kappa shape index (κ2) is 12.3. The van der Waals surface area contributed by atoms with Gasteiger partial charge in [0.1, 0.15) is 5.82 Å². The number of hydrogen-bond acceptors (Lipinski definition) is 5. The van der Waals surface area contributed by atoms with Crippen LogP contribution in [0.5, 0.6) is 0 Å². The number of anilines is 1. The molecular formula is C31H36FN3O4S. The lowest BCUT2D eigenvalue weighted by molar-refractivity contribution is 0.0943. The van der Waals surface area contributed by atoms with E-state index in [4.69, 9.17) is 0 Å². The molecule has 0 saturated heterocycles. The third-order valence-corrected chi connectivity index (χ3v) is 8.56. The van der Waals surface area contributed by atoms with Crippen LogP contribution in [0.1, 0.15) is 54.0 Å². The Morgan fingerprint density at radius 1 is 0.925 bits per heavy atom. The Labute approximate surface area is 235 Å². The minimum Gasteiger partial charge on any atom is -0.351 e. The number of benzene rings is 3. The number of fused-ring (bicyclic) bond motifs is 2. The molecule has 40 heavy (non-hydrogen) atoms. The van der Waals surface area contributed by atoms with E-state index >= 15 is 0 Å². The topological polar surface area (TPSA) is 86.8 Å². The lowest BCUT2D eigenvalue weighted by Crippen LogP contribution is -2.38. The maximum Gasteiger partial charge on any atom is 0.259 e. The van der Waals surface area contributed by atoms with E-state index in [1.54, 1.807) is 30.3 Å². The number of carbonyl (C=O) groups excluding carboxylic acids is 2. The maximum atomic E-state index is 14.6. The fraction of sp³-hybridized carbons (Fsp3) is 0.355. The van der Waals surface area contributed by atoms with E-state index in [-0.39, 0.29) is 44.6 Å². The molecule has 1 N–H and O–H groups in total. The number of halogens is 1. The summed E-state index contributed by atoms with van der Waals surface area (Å²) in [6.07, 6.45) is 0. The van der Waals surface area contributed by atoms with Crippen molar-refractivity contribution in [2.45, 2.75) is 44.0 Å². The van der Waals surface area contributed by atoms with E-state index in [1.807, 2.05) is 0 Å². The molecule has 0 aromatic heterocycles. The SMILES string of the molecule is CC(C)CN(CCNC(=O)c1ccc2c(c1)N(Cc1ccccc1F)C(=O)c1ccccc1S2(=O)=O)CC(C)C. The van der Waals surface area contributed by atoms with Crippen LogP contribution in [-0.4, -0.2) is 51.3 Å². The van der Waals surface area contributed by atoms with Crippen molar-refractivity contribution in [2.24, 2.45) is 11.8 Å². The molecule has 1 aliphatic heterocycles. The molecule has 0 fully saturated rings. The van der Waals surface area contributed by atoms with Gasteiger partial charge >= 0.3 is 0 Å². The van der Waals surface area contributed by atoms with Crippen LogP contribution in [0.25, 0.3) is 0 Å². The Hall–Kier alpha value is -3.56. The van der Waals surface area contributed by atoms with Crippen LogP contribution in [0.2, 0.25) is 0 Å². The average Bonchev–Trinajstić information content (AvgIpc) is 2.97. The molecule has 212 valence electrons. The zero-order valence-electron chi connectivity index (χ0n) is 23.4. The maximum absolute atomic E-state index is 14.6. The predicted molar refractivity (Wildman–Crippen MR) is 154 cm³/mol. The molecule has 0 atom stereocenters. The summed E-state index contributed by atoms with van der Waals surface area (Å²) >= 11 is 0. The van der Waals surface area contributed by atoms with Crippen LogP contribution in [0.15, 0.2) is 76.5 Å². The van der Waals surface area contributed by atoms with Gasteiger partial charge in [-0.2, -0.15) is 0 Å². The van der Waals surface area contributed by atoms with E-state index in [1.165, 1.54) is 41.3 Å². The molecular weight excluding hydrogens is 529 g/mol. The van der Waals surface area contributed by atoms with Gasteiger partial charge in [-0.1, -0.05) is 58.0 Å². The number of nitrogens with zero attached hydrogens (tertiary/aromatic N) is 2. The average molecular weight is 566 g/mol. The summed E-state index contributed by atoms with van der Waals surface area (Å²) < 4.78 is 42.0. The standard InChI is InChI=1S/C31H36FN3O4S/c1-21(2)18-34(19-22(3)4)16-15-33-30(36)23-13-14-29-27(17-23)35(20-24-9-5-7-11-26(24)32)31(37)25-10-6-8-12-28(25)40(29,38)39/h5-14,17,21-22H,15-16,18-20H2,1-4H3,(H,33,36). The Balaban J connectivity index is 1.68. The van der Waals surface area contributed by atoms with E-state index in [9.17, 15) is 22.4 Å². The normalized spacial score (nSPS) is 14.3. The Morgan fingerprint density at radius 2 is 1.57 bits per heavy atom. The van der Waals surface area contributed by atoms with Gasteiger partial charge in [0.05, 0.1) is 27.6 Å². The molecule has 3 aromatic rings. The van der Waals surface area contributed by atoms with Gasteiger partial charge in [0.25, 0.3) is 11.8 Å². The fourth-order valence-corrected chi connectivity index (χ4v) is 6.65. The lowest BCUT2D eigenvalue weighted by Gasteiger charge is -2.26. The fourth-order valence-electron chi connectivity index (χ4n) is 5.02. The molecule has 4 rings (SSSR count). The molecule has 9 heteroatoms. The van der Waals surface area contributed by atoms with Gasteiger partial charge in [-0.15, -0.1) is 0 Å². The van der Waals surface area contributed by atoms with Crippen molar-refractivity contribution in [1.82, 2.24) is 10.2 Å². The summed E-state index contributed by atoms with van der Waals surface area (Å²) in [4.78, 5) is 30.2. The summed E-state index contributed by atoms with van der Waals surface area (Å²) in [5.41, 5.74) is 0.476. The Morgan fingerprint density at radius 3 is 2.25 bits per heavy atom. The van der Waals surface area contributed by atoms with Crippen LogP contribution in [0.4, 0.5) is 10.1 Å². The zero-order valence-corrected chi connectivity index (χ0v) is 24.2. The van der Waals surface area contributed by atoms with Crippen LogP contribution in [0, 0.1) is 17.7 Å². The molecule has 3 aromatic carbocycles. The van der Waals surface area contributed by atoms with Crippen molar-refractivity contribution in [3.05, 3.63) is 89.2 Å². The number of sulfone groups is 1. The van der Waals surface area contributed by atoms with Crippen LogP contribution >= 0.6 is 0 Å². The molecule has 7 nitrogen and oxygen atoms in total. The smallest absolute Gasteiger partial charge is 0.259 e. The molecule has 0 aliphatic carbocycles. The van der Waals surface area contributed by atoms with Crippen molar-refractivity contribution < 1.29 is 22.4 Å². The first-order chi connectivity index (χ1) is 19.0. The minimum absolute atomic E-state index is 0.00330. The zero-order chi connectivity index (χ0) is 29.0. The number of hydrogen-bond donors (Lipinski definition) is 1. The quantitative estimate of drug-likeness (QED) is 0.367. The third kappa shape index (κ3) is 6.42. The van der Waals surface area contributed by atoms with Gasteiger partial charge in [-0.25, -0.2) is 12.8 Å². The minimum atomic E-state index is -4.09. The number of amides is 2. The Kier molecular flexibility index (Phi) is 9.05. The Bertz CT molecular complexity index is 1490. The summed E-state index contributed by atoms with van der Waals surface area (Å²) in [6, 6.07) is 16.2. The van der Waals surface area contributed by atoms with Gasteiger partial charge in [0.15, 0.2) is 0 Å². The van der Waals surface area contributed by atoms with Crippen LogP contribution in [0.3, 0.4) is 0 Å². The highest BCUT2D eigenvalue weighted by atomic mass is 32.2. The van der Waals surface area contributed by atoms with Crippen LogP contribution in [-0.2, 0) is 16.4 Å². The van der Waals surface area contributed by atoms with Gasteiger partial charge < -0.3 is 15.1 Å². The van der Waals surface area contributed by atoms with Gasteiger partial charge in [-0.05, 0) is 48.2 Å². The molecule has 1 aliphatic rings. The molecule has 0 saturated carbocycles. The van der Waals surface area contributed by atoms with Crippen LogP contribution < -0.4 is 10.2 Å².